The number of nitrogens with one attached hydrogen (secondary N) is 1. The Morgan fingerprint density at radius 3 is 2.88 bits per heavy atom. The third-order valence-corrected chi connectivity index (χ3v) is 6.15. The van der Waals surface area contributed by atoms with Gasteiger partial charge in [0.15, 0.2) is 0 Å². The molecule has 2 aromatic rings. The predicted octanol–water partition coefficient (Wildman–Crippen LogP) is 3.75. The van der Waals surface area contributed by atoms with Gasteiger partial charge in [0.2, 0.25) is 5.91 Å². The SMILES string of the molecule is CCCN(Cc1nc2cc(Cl)ccc2c(=O)[nH]1)C(=O)C1CC2CCC1C2. The largest absolute Gasteiger partial charge is 0.335 e. The predicted molar refractivity (Wildman–Crippen MR) is 102 cm³/mol. The van der Waals surface area contributed by atoms with Gasteiger partial charge in [-0.15, -0.1) is 0 Å². The first-order chi connectivity index (χ1) is 12.5. The number of carbonyl (C=O) groups is 1. The van der Waals surface area contributed by atoms with Crippen LogP contribution in [0.2, 0.25) is 5.02 Å². The van der Waals surface area contributed by atoms with Gasteiger partial charge in [0, 0.05) is 17.5 Å². The van der Waals surface area contributed by atoms with Gasteiger partial charge >= 0.3 is 0 Å². The number of halogens is 1. The lowest BCUT2D eigenvalue weighted by atomic mass is 9.87. The maximum Gasteiger partial charge on any atom is 0.258 e. The Morgan fingerprint density at radius 2 is 2.19 bits per heavy atom. The first-order valence-electron chi connectivity index (χ1n) is 9.52. The zero-order valence-electron chi connectivity index (χ0n) is 15.0. The number of rotatable bonds is 5. The number of hydrogen-bond donors (Lipinski definition) is 1. The molecule has 6 heteroatoms. The number of hydrogen-bond acceptors (Lipinski definition) is 3. The van der Waals surface area contributed by atoms with E-state index in [1.165, 1.54) is 19.3 Å². The Kier molecular flexibility index (Phi) is 4.74. The monoisotopic (exact) mass is 373 g/mol. The van der Waals surface area contributed by atoms with E-state index in [1.54, 1.807) is 18.2 Å². The van der Waals surface area contributed by atoms with E-state index in [0.29, 0.717) is 40.8 Å². The number of nitrogens with zero attached hydrogens (tertiary/aromatic N) is 2. The Hall–Kier alpha value is -1.88. The third kappa shape index (κ3) is 3.25. The summed E-state index contributed by atoms with van der Waals surface area (Å²) in [6, 6.07) is 5.05. The first-order valence-corrected chi connectivity index (χ1v) is 9.90. The Balaban J connectivity index is 1.59. The summed E-state index contributed by atoms with van der Waals surface area (Å²) in [5, 5.41) is 1.06. The van der Waals surface area contributed by atoms with E-state index in [9.17, 15) is 9.59 Å². The smallest absolute Gasteiger partial charge is 0.258 e. The van der Waals surface area contributed by atoms with Crippen molar-refractivity contribution in [3.63, 3.8) is 0 Å². The molecule has 2 aliphatic rings. The minimum absolute atomic E-state index is 0.155. The van der Waals surface area contributed by atoms with Gasteiger partial charge in [0.25, 0.3) is 5.56 Å². The highest BCUT2D eigenvalue weighted by molar-refractivity contribution is 6.31. The fourth-order valence-corrected chi connectivity index (χ4v) is 4.90. The molecule has 1 aromatic heterocycles. The highest BCUT2D eigenvalue weighted by atomic mass is 35.5. The van der Waals surface area contributed by atoms with E-state index >= 15 is 0 Å². The minimum atomic E-state index is -0.189. The van der Waals surface area contributed by atoms with Gasteiger partial charge in [0.1, 0.15) is 5.82 Å². The van der Waals surface area contributed by atoms with Crippen molar-refractivity contribution in [3.05, 3.63) is 39.4 Å². The van der Waals surface area contributed by atoms with E-state index in [-0.39, 0.29) is 17.4 Å². The van der Waals surface area contributed by atoms with Crippen molar-refractivity contribution in [3.8, 4) is 0 Å². The van der Waals surface area contributed by atoms with Crippen LogP contribution in [0, 0.1) is 17.8 Å². The molecule has 2 aliphatic carbocycles. The Labute approximate surface area is 157 Å². The van der Waals surface area contributed by atoms with E-state index in [2.05, 4.69) is 16.9 Å². The second-order valence-electron chi connectivity index (χ2n) is 7.72. The van der Waals surface area contributed by atoms with Crippen molar-refractivity contribution in [2.24, 2.45) is 17.8 Å². The van der Waals surface area contributed by atoms with E-state index in [4.69, 9.17) is 11.6 Å². The van der Waals surface area contributed by atoms with Crippen molar-refractivity contribution in [1.29, 1.82) is 0 Å². The van der Waals surface area contributed by atoms with Crippen LogP contribution in [0.5, 0.6) is 0 Å². The highest BCUT2D eigenvalue weighted by Gasteiger charge is 2.44. The Morgan fingerprint density at radius 1 is 1.35 bits per heavy atom. The number of benzene rings is 1. The number of fused-ring (bicyclic) bond motifs is 3. The van der Waals surface area contributed by atoms with Gasteiger partial charge in [-0.3, -0.25) is 9.59 Å². The van der Waals surface area contributed by atoms with Crippen molar-refractivity contribution in [2.45, 2.75) is 45.6 Å². The summed E-state index contributed by atoms with van der Waals surface area (Å²) < 4.78 is 0. The van der Waals surface area contributed by atoms with E-state index in [1.807, 2.05) is 4.90 Å². The zero-order chi connectivity index (χ0) is 18.3. The number of carbonyl (C=O) groups excluding carboxylic acids is 1. The lowest BCUT2D eigenvalue weighted by Crippen LogP contribution is -2.39. The Bertz CT molecular complexity index is 894. The number of H-pyrrole nitrogens is 1. The molecule has 1 aromatic carbocycles. The quantitative estimate of drug-likeness (QED) is 0.867. The molecule has 4 rings (SSSR count). The number of aromatic nitrogens is 2. The molecule has 2 bridgehead atoms. The van der Waals surface area contributed by atoms with Gasteiger partial charge < -0.3 is 9.88 Å². The standard InChI is InChI=1S/C20H24ClN3O2/c1-2-7-24(20(26)16-9-12-3-4-13(16)8-12)11-18-22-17-10-14(21)5-6-15(17)19(25)23-18/h5-6,10,12-13,16H,2-4,7-9,11H2,1H3,(H,22,23,25). The molecule has 5 nitrogen and oxygen atoms in total. The fraction of sp³-hybridized carbons (Fsp3) is 0.550. The van der Waals surface area contributed by atoms with Crippen molar-refractivity contribution >= 4 is 28.4 Å². The normalized spacial score (nSPS) is 24.3. The summed E-state index contributed by atoms with van der Waals surface area (Å²) in [7, 11) is 0. The summed E-state index contributed by atoms with van der Waals surface area (Å²) in [5.41, 5.74) is 0.380. The van der Waals surface area contributed by atoms with Gasteiger partial charge in [-0.05, 0) is 55.7 Å². The maximum absolute atomic E-state index is 13.1. The molecule has 3 atom stereocenters. The second-order valence-corrected chi connectivity index (χ2v) is 8.15. The highest BCUT2D eigenvalue weighted by Crippen LogP contribution is 2.48. The van der Waals surface area contributed by atoms with Gasteiger partial charge in [-0.2, -0.15) is 0 Å². The van der Waals surface area contributed by atoms with Crippen LogP contribution in [0.25, 0.3) is 10.9 Å². The summed E-state index contributed by atoms with van der Waals surface area (Å²) in [4.78, 5) is 34.7. The van der Waals surface area contributed by atoms with Crippen LogP contribution in [0.1, 0.15) is 44.9 Å². The minimum Gasteiger partial charge on any atom is -0.335 e. The average molecular weight is 374 g/mol. The molecule has 0 aliphatic heterocycles. The third-order valence-electron chi connectivity index (χ3n) is 5.92. The molecule has 138 valence electrons. The first kappa shape index (κ1) is 17.5. The van der Waals surface area contributed by atoms with Crippen LogP contribution >= 0.6 is 11.6 Å². The number of amides is 1. The lowest BCUT2D eigenvalue weighted by molar-refractivity contribution is -0.138. The van der Waals surface area contributed by atoms with Crippen LogP contribution in [0.4, 0.5) is 0 Å². The van der Waals surface area contributed by atoms with E-state index < -0.39 is 0 Å². The molecule has 3 unspecified atom stereocenters. The molecule has 0 spiro atoms. The van der Waals surface area contributed by atoms with Crippen LogP contribution in [-0.4, -0.2) is 27.3 Å². The molecule has 0 saturated heterocycles. The summed E-state index contributed by atoms with van der Waals surface area (Å²) >= 11 is 6.03. The number of aromatic amines is 1. The topological polar surface area (TPSA) is 66.1 Å². The van der Waals surface area contributed by atoms with E-state index in [0.717, 1.165) is 18.8 Å². The second kappa shape index (κ2) is 7.03. The summed E-state index contributed by atoms with van der Waals surface area (Å²) in [6.45, 7) is 3.10. The van der Waals surface area contributed by atoms with Crippen molar-refractivity contribution < 1.29 is 4.79 Å². The average Bonchev–Trinajstić information content (AvgIpc) is 3.23. The molecule has 0 radical (unpaired) electrons. The van der Waals surface area contributed by atoms with Crippen LogP contribution in [0.3, 0.4) is 0 Å². The van der Waals surface area contributed by atoms with Crippen LogP contribution < -0.4 is 5.56 Å². The van der Waals surface area contributed by atoms with Gasteiger partial charge in [0.05, 0.1) is 17.4 Å². The van der Waals surface area contributed by atoms with Crippen molar-refractivity contribution in [1.82, 2.24) is 14.9 Å². The maximum atomic E-state index is 13.1. The van der Waals surface area contributed by atoms with Crippen LogP contribution in [-0.2, 0) is 11.3 Å². The molecule has 1 amide bonds. The molecular weight excluding hydrogens is 350 g/mol. The molecule has 2 fully saturated rings. The molecule has 2 saturated carbocycles. The zero-order valence-corrected chi connectivity index (χ0v) is 15.8. The summed E-state index contributed by atoms with van der Waals surface area (Å²) in [6.07, 6.45) is 5.59. The molecular formula is C20H24ClN3O2. The van der Waals surface area contributed by atoms with Crippen LogP contribution in [0.15, 0.2) is 23.0 Å². The van der Waals surface area contributed by atoms with Crippen molar-refractivity contribution in [2.75, 3.05) is 6.54 Å². The molecule has 26 heavy (non-hydrogen) atoms. The van der Waals surface area contributed by atoms with Gasteiger partial charge in [-0.1, -0.05) is 24.9 Å². The lowest BCUT2D eigenvalue weighted by Gasteiger charge is -2.29. The van der Waals surface area contributed by atoms with Gasteiger partial charge in [-0.25, -0.2) is 4.98 Å². The summed E-state index contributed by atoms with van der Waals surface area (Å²) in [5.74, 6) is 2.19. The molecule has 1 heterocycles. The fourth-order valence-electron chi connectivity index (χ4n) is 4.74. The molecule has 1 N–H and O–H groups in total.